The van der Waals surface area contributed by atoms with E-state index in [0.717, 1.165) is 23.9 Å². The molecule has 1 saturated carbocycles. The van der Waals surface area contributed by atoms with Crippen molar-refractivity contribution in [3.8, 4) is 17.5 Å². The van der Waals surface area contributed by atoms with E-state index in [-0.39, 0.29) is 18.3 Å². The van der Waals surface area contributed by atoms with Crippen molar-refractivity contribution in [2.45, 2.75) is 38.1 Å². The minimum absolute atomic E-state index is 0.0155. The summed E-state index contributed by atoms with van der Waals surface area (Å²) in [6.45, 7) is 2.03. The molecule has 0 aliphatic heterocycles. The van der Waals surface area contributed by atoms with E-state index in [1.54, 1.807) is 18.3 Å². The van der Waals surface area contributed by atoms with Crippen LogP contribution in [0.25, 0.3) is 11.4 Å². The Morgan fingerprint density at radius 3 is 2.74 bits per heavy atom. The number of alkyl halides is 3. The molecule has 0 unspecified atom stereocenters. The molecule has 31 heavy (non-hydrogen) atoms. The van der Waals surface area contributed by atoms with Crippen LogP contribution in [0, 0.1) is 24.2 Å². The number of aromatic nitrogens is 5. The average Bonchev–Trinajstić information content (AvgIpc) is 3.13. The summed E-state index contributed by atoms with van der Waals surface area (Å²) in [6.07, 6.45) is -0.985. The van der Waals surface area contributed by atoms with Crippen molar-refractivity contribution >= 4 is 11.6 Å². The molecule has 0 radical (unpaired) electrons. The largest absolute Gasteiger partial charge is 0.416 e. The molecule has 11 heteroatoms. The van der Waals surface area contributed by atoms with Crippen LogP contribution < -0.4 is 5.32 Å². The minimum Gasteiger partial charge on any atom is -0.388 e. The van der Waals surface area contributed by atoms with E-state index in [4.69, 9.17) is 5.26 Å². The second-order valence-corrected chi connectivity index (χ2v) is 7.73. The van der Waals surface area contributed by atoms with Gasteiger partial charge >= 0.3 is 6.18 Å². The molecule has 1 aliphatic carbocycles. The minimum atomic E-state index is -4.47. The molecule has 0 atom stereocenters. The normalized spacial score (nSPS) is 20.7. The SMILES string of the molecule is Cc1cc(Nc2cc(C(F)(F)F)ccn2)nc(-c2cn(CC3(O)CC(C#N)C3)nn2)c1. The molecule has 0 saturated heterocycles. The summed E-state index contributed by atoms with van der Waals surface area (Å²) in [5.74, 6) is 0.178. The van der Waals surface area contributed by atoms with Crippen molar-refractivity contribution in [1.82, 2.24) is 25.0 Å². The number of nitriles is 1. The van der Waals surface area contributed by atoms with Gasteiger partial charge in [-0.2, -0.15) is 18.4 Å². The molecule has 1 fully saturated rings. The van der Waals surface area contributed by atoms with E-state index >= 15 is 0 Å². The van der Waals surface area contributed by atoms with E-state index in [1.165, 1.54) is 4.68 Å². The molecule has 4 rings (SSSR count). The van der Waals surface area contributed by atoms with Crippen molar-refractivity contribution < 1.29 is 18.3 Å². The van der Waals surface area contributed by atoms with Gasteiger partial charge in [0.2, 0.25) is 0 Å². The number of hydrogen-bond donors (Lipinski definition) is 2. The molecular formula is C20H18F3N7O. The van der Waals surface area contributed by atoms with Crippen molar-refractivity contribution in [3.63, 3.8) is 0 Å². The predicted molar refractivity (Wildman–Crippen MR) is 104 cm³/mol. The monoisotopic (exact) mass is 429 g/mol. The van der Waals surface area contributed by atoms with Gasteiger partial charge in [-0.05, 0) is 49.6 Å². The molecule has 0 aromatic carbocycles. The number of halogens is 3. The number of nitrogens with zero attached hydrogens (tertiary/aromatic N) is 6. The van der Waals surface area contributed by atoms with E-state index in [0.29, 0.717) is 30.0 Å². The first-order chi connectivity index (χ1) is 14.6. The van der Waals surface area contributed by atoms with Gasteiger partial charge in [0.15, 0.2) is 0 Å². The molecule has 0 spiro atoms. The molecule has 0 bridgehead atoms. The number of aryl methyl sites for hydroxylation is 1. The first-order valence-corrected chi connectivity index (χ1v) is 9.45. The summed E-state index contributed by atoms with van der Waals surface area (Å²) in [4.78, 5) is 8.33. The van der Waals surface area contributed by atoms with Gasteiger partial charge in [0.1, 0.15) is 17.3 Å². The Morgan fingerprint density at radius 1 is 1.26 bits per heavy atom. The lowest BCUT2D eigenvalue weighted by molar-refractivity contribution is -0.137. The topological polar surface area (TPSA) is 113 Å². The smallest absolute Gasteiger partial charge is 0.388 e. The van der Waals surface area contributed by atoms with Gasteiger partial charge in [0.25, 0.3) is 0 Å². The summed E-state index contributed by atoms with van der Waals surface area (Å²) in [7, 11) is 0. The Bertz CT molecular complexity index is 1150. The lowest BCUT2D eigenvalue weighted by Crippen LogP contribution is -2.46. The maximum Gasteiger partial charge on any atom is 0.416 e. The Balaban J connectivity index is 1.53. The summed E-state index contributed by atoms with van der Waals surface area (Å²) >= 11 is 0. The van der Waals surface area contributed by atoms with Crippen LogP contribution in [0.4, 0.5) is 24.8 Å². The molecular weight excluding hydrogens is 411 g/mol. The fraction of sp³-hybridized carbons (Fsp3) is 0.350. The molecule has 3 aromatic rings. The molecule has 1 aliphatic rings. The number of hydrogen-bond acceptors (Lipinski definition) is 7. The van der Waals surface area contributed by atoms with Gasteiger partial charge in [0, 0.05) is 6.20 Å². The summed E-state index contributed by atoms with van der Waals surface area (Å²) in [6, 6.07) is 7.38. The Kier molecular flexibility index (Phi) is 5.10. The zero-order valence-electron chi connectivity index (χ0n) is 16.4. The van der Waals surface area contributed by atoms with Gasteiger partial charge < -0.3 is 10.4 Å². The first-order valence-electron chi connectivity index (χ1n) is 9.45. The molecule has 2 N–H and O–H groups in total. The number of rotatable bonds is 5. The lowest BCUT2D eigenvalue weighted by atomic mass is 9.72. The number of aliphatic hydroxyl groups is 1. The highest BCUT2D eigenvalue weighted by Gasteiger charge is 2.43. The molecule has 160 valence electrons. The maximum absolute atomic E-state index is 12.9. The van der Waals surface area contributed by atoms with Crippen LogP contribution in [0.5, 0.6) is 0 Å². The second-order valence-electron chi connectivity index (χ2n) is 7.73. The Hall–Kier alpha value is -3.52. The van der Waals surface area contributed by atoms with Gasteiger partial charge in [-0.1, -0.05) is 5.21 Å². The third-order valence-corrected chi connectivity index (χ3v) is 5.01. The Labute approximate surface area is 175 Å². The van der Waals surface area contributed by atoms with Gasteiger partial charge in [-0.25, -0.2) is 14.6 Å². The lowest BCUT2D eigenvalue weighted by Gasteiger charge is -2.39. The first kappa shape index (κ1) is 20.7. The second kappa shape index (κ2) is 7.63. The molecule has 3 aromatic heterocycles. The number of nitrogens with one attached hydrogen (secondary N) is 1. The van der Waals surface area contributed by atoms with Gasteiger partial charge in [-0.15, -0.1) is 5.10 Å². The third-order valence-electron chi connectivity index (χ3n) is 5.01. The summed E-state index contributed by atoms with van der Waals surface area (Å²) < 4.78 is 40.3. The van der Waals surface area contributed by atoms with Crippen LogP contribution in [0.15, 0.2) is 36.7 Å². The maximum atomic E-state index is 12.9. The van der Waals surface area contributed by atoms with E-state index in [1.807, 2.05) is 6.92 Å². The van der Waals surface area contributed by atoms with E-state index in [9.17, 15) is 18.3 Å². The Morgan fingerprint density at radius 2 is 2.03 bits per heavy atom. The van der Waals surface area contributed by atoms with Crippen molar-refractivity contribution in [2.24, 2.45) is 5.92 Å². The van der Waals surface area contributed by atoms with Gasteiger partial charge in [-0.3, -0.25) is 0 Å². The highest BCUT2D eigenvalue weighted by molar-refractivity contribution is 5.61. The zero-order valence-corrected chi connectivity index (χ0v) is 16.4. The zero-order chi connectivity index (χ0) is 22.2. The average molecular weight is 429 g/mol. The molecule has 0 amide bonds. The fourth-order valence-corrected chi connectivity index (χ4v) is 3.54. The summed E-state index contributed by atoms with van der Waals surface area (Å²) in [5, 5.41) is 30.2. The quantitative estimate of drug-likeness (QED) is 0.639. The van der Waals surface area contributed by atoms with Crippen LogP contribution >= 0.6 is 0 Å². The van der Waals surface area contributed by atoms with Crippen molar-refractivity contribution in [3.05, 3.63) is 47.8 Å². The molecule has 3 heterocycles. The fourth-order valence-electron chi connectivity index (χ4n) is 3.54. The van der Waals surface area contributed by atoms with Gasteiger partial charge in [0.05, 0.1) is 41.6 Å². The number of pyridine rings is 2. The summed E-state index contributed by atoms with van der Waals surface area (Å²) in [5.41, 5.74) is -0.0653. The third kappa shape index (κ3) is 4.64. The van der Waals surface area contributed by atoms with Crippen LogP contribution in [-0.2, 0) is 12.7 Å². The van der Waals surface area contributed by atoms with Crippen LogP contribution in [-0.4, -0.2) is 35.7 Å². The van der Waals surface area contributed by atoms with Crippen LogP contribution in [0.2, 0.25) is 0 Å². The molecule has 8 nitrogen and oxygen atoms in total. The predicted octanol–water partition coefficient (Wildman–Crippen LogP) is 3.47. The van der Waals surface area contributed by atoms with Crippen molar-refractivity contribution in [2.75, 3.05) is 5.32 Å². The van der Waals surface area contributed by atoms with E-state index in [2.05, 4.69) is 31.7 Å². The van der Waals surface area contributed by atoms with Crippen LogP contribution in [0.1, 0.15) is 24.0 Å². The van der Waals surface area contributed by atoms with Crippen molar-refractivity contribution in [1.29, 1.82) is 5.26 Å². The number of anilines is 2. The highest BCUT2D eigenvalue weighted by Crippen LogP contribution is 2.38. The van der Waals surface area contributed by atoms with Crippen LogP contribution in [0.3, 0.4) is 0 Å². The van der Waals surface area contributed by atoms with E-state index < -0.39 is 17.3 Å². The standard InChI is InChI=1S/C20H18F3N7O/c1-12-4-15(16-10-30(29-28-16)11-19(31)7-13(8-19)9-24)26-18(5-12)27-17-6-14(2-3-25-17)20(21,22)23/h2-6,10,13,31H,7-8,11H2,1H3,(H,25,26,27). The highest BCUT2D eigenvalue weighted by atomic mass is 19.4.